The van der Waals surface area contributed by atoms with Crippen LogP contribution < -0.4 is 0 Å². The number of ether oxygens (including phenoxy) is 2. The van der Waals surface area contributed by atoms with Crippen LogP contribution >= 0.6 is 0 Å². The summed E-state index contributed by atoms with van der Waals surface area (Å²) >= 11 is 0. The SMILES string of the molecule is O=C1C2CCC3C(=O)N(CCOCCO)C(=O)C4CCC(C(=O)N1CCCOCCO)C2C34. The predicted octanol–water partition coefficient (Wildman–Crippen LogP) is -0.583. The maximum absolute atomic E-state index is 13.3. The van der Waals surface area contributed by atoms with Gasteiger partial charge in [0, 0.05) is 36.8 Å². The lowest BCUT2D eigenvalue weighted by Gasteiger charge is -2.57. The minimum atomic E-state index is -0.339. The molecule has 33 heavy (non-hydrogen) atoms. The van der Waals surface area contributed by atoms with Crippen LogP contribution in [0, 0.1) is 35.5 Å². The third kappa shape index (κ3) is 4.45. The first-order chi connectivity index (χ1) is 16.0. The highest BCUT2D eigenvalue weighted by atomic mass is 16.5. The summed E-state index contributed by atoms with van der Waals surface area (Å²) in [6.07, 6.45) is 2.70. The first kappa shape index (κ1) is 24.3. The van der Waals surface area contributed by atoms with Crippen LogP contribution in [0.3, 0.4) is 0 Å². The summed E-state index contributed by atoms with van der Waals surface area (Å²) in [7, 11) is 0. The number of amides is 4. The van der Waals surface area contributed by atoms with Crippen LogP contribution in [0.2, 0.25) is 0 Å². The average Bonchev–Trinajstić information content (AvgIpc) is 2.82. The molecule has 0 spiro atoms. The first-order valence-electron chi connectivity index (χ1n) is 12.1. The number of piperidine rings is 2. The number of rotatable bonds is 11. The fraction of sp³-hybridized carbons (Fsp3) is 0.826. The van der Waals surface area contributed by atoms with Gasteiger partial charge in [-0.15, -0.1) is 0 Å². The average molecular weight is 467 g/mol. The van der Waals surface area contributed by atoms with Crippen LogP contribution in [0.1, 0.15) is 32.1 Å². The van der Waals surface area contributed by atoms with Crippen LogP contribution in [0.4, 0.5) is 0 Å². The van der Waals surface area contributed by atoms with E-state index in [1.54, 1.807) is 0 Å². The molecule has 0 radical (unpaired) electrons. The van der Waals surface area contributed by atoms with Gasteiger partial charge >= 0.3 is 0 Å². The number of carbonyl (C=O) groups excluding carboxylic acids is 4. The Bertz CT molecular complexity index is 726. The van der Waals surface area contributed by atoms with Crippen molar-refractivity contribution in [2.45, 2.75) is 32.1 Å². The number of hydrogen-bond acceptors (Lipinski definition) is 8. The molecule has 10 heteroatoms. The van der Waals surface area contributed by atoms with Crippen molar-refractivity contribution in [3.8, 4) is 0 Å². The number of carbonyl (C=O) groups is 4. The Labute approximate surface area is 193 Å². The van der Waals surface area contributed by atoms with Gasteiger partial charge in [-0.1, -0.05) is 0 Å². The topological polar surface area (TPSA) is 134 Å². The molecule has 4 rings (SSSR count). The van der Waals surface area contributed by atoms with Crippen molar-refractivity contribution in [2.75, 3.05) is 52.7 Å². The Morgan fingerprint density at radius 1 is 0.606 bits per heavy atom. The molecule has 4 amide bonds. The van der Waals surface area contributed by atoms with Gasteiger partial charge in [0.15, 0.2) is 0 Å². The van der Waals surface area contributed by atoms with Gasteiger partial charge in [-0.25, -0.2) is 0 Å². The molecule has 4 fully saturated rings. The number of hydrogen-bond donors (Lipinski definition) is 2. The molecule has 184 valence electrons. The molecule has 2 N–H and O–H groups in total. The highest BCUT2D eigenvalue weighted by Gasteiger charge is 2.62. The zero-order chi connectivity index (χ0) is 23.5. The van der Waals surface area contributed by atoms with Gasteiger partial charge in [0.1, 0.15) is 0 Å². The second kappa shape index (κ2) is 10.6. The lowest BCUT2D eigenvalue weighted by molar-refractivity contribution is -0.186. The molecule has 2 aliphatic heterocycles. The van der Waals surface area contributed by atoms with Gasteiger partial charge in [0.25, 0.3) is 0 Å². The summed E-state index contributed by atoms with van der Waals surface area (Å²) in [6.45, 7) is 1.21. The Hall–Kier alpha value is -1.88. The Morgan fingerprint density at radius 2 is 1.00 bits per heavy atom. The van der Waals surface area contributed by atoms with Crippen molar-refractivity contribution in [1.29, 1.82) is 0 Å². The van der Waals surface area contributed by atoms with E-state index in [1.807, 2.05) is 0 Å². The molecular formula is C23H34N2O8. The quantitative estimate of drug-likeness (QED) is 0.305. The van der Waals surface area contributed by atoms with Crippen LogP contribution in [0.15, 0.2) is 0 Å². The standard InChI is InChI=1S/C23H34N2O8/c26-8-12-32-10-1-6-24-20(28)14-2-4-16-19-17(5-3-15(18(14)19)21(24)29)23(31)25(22(16)30)7-11-33-13-9-27/h14-19,26-27H,1-13H2. The highest BCUT2D eigenvalue weighted by Crippen LogP contribution is 2.56. The van der Waals surface area contributed by atoms with Crippen molar-refractivity contribution in [3.63, 3.8) is 0 Å². The monoisotopic (exact) mass is 466 g/mol. The molecule has 2 saturated heterocycles. The van der Waals surface area contributed by atoms with E-state index in [2.05, 4.69) is 0 Å². The molecular weight excluding hydrogens is 432 g/mol. The summed E-state index contributed by atoms with van der Waals surface area (Å²) in [5, 5.41) is 17.7. The van der Waals surface area contributed by atoms with Gasteiger partial charge in [0.2, 0.25) is 23.6 Å². The smallest absolute Gasteiger partial charge is 0.232 e. The summed E-state index contributed by atoms with van der Waals surface area (Å²) in [5.41, 5.74) is 0. The molecule has 2 saturated carbocycles. The van der Waals surface area contributed by atoms with Crippen molar-refractivity contribution in [2.24, 2.45) is 35.5 Å². The zero-order valence-electron chi connectivity index (χ0n) is 18.9. The summed E-state index contributed by atoms with van der Waals surface area (Å²) in [4.78, 5) is 55.7. The summed E-state index contributed by atoms with van der Waals surface area (Å²) in [6, 6.07) is 0. The molecule has 2 aliphatic carbocycles. The number of imide groups is 2. The third-order valence-electron chi connectivity index (χ3n) is 7.81. The van der Waals surface area contributed by atoms with E-state index < -0.39 is 0 Å². The lowest BCUT2D eigenvalue weighted by Crippen LogP contribution is -2.66. The van der Waals surface area contributed by atoms with E-state index in [9.17, 15) is 19.2 Å². The molecule has 4 atom stereocenters. The zero-order valence-corrected chi connectivity index (χ0v) is 18.9. The minimum Gasteiger partial charge on any atom is -0.394 e. The lowest BCUT2D eigenvalue weighted by atomic mass is 9.51. The van der Waals surface area contributed by atoms with E-state index >= 15 is 0 Å². The number of nitrogens with zero attached hydrogens (tertiary/aromatic N) is 2. The second-order valence-electron chi connectivity index (χ2n) is 9.42. The Morgan fingerprint density at radius 3 is 1.42 bits per heavy atom. The van der Waals surface area contributed by atoms with E-state index in [0.717, 1.165) is 0 Å². The van der Waals surface area contributed by atoms with Crippen molar-refractivity contribution in [1.82, 2.24) is 9.80 Å². The molecule has 4 aliphatic rings. The van der Waals surface area contributed by atoms with Gasteiger partial charge in [-0.3, -0.25) is 29.0 Å². The maximum Gasteiger partial charge on any atom is 0.232 e. The van der Waals surface area contributed by atoms with Gasteiger partial charge < -0.3 is 19.7 Å². The third-order valence-corrected chi connectivity index (χ3v) is 7.81. The van der Waals surface area contributed by atoms with Crippen molar-refractivity contribution >= 4 is 23.6 Å². The van der Waals surface area contributed by atoms with Crippen LogP contribution in [-0.2, 0) is 28.7 Å². The summed E-state index contributed by atoms with van der Waals surface area (Å²) in [5.74, 6) is -2.60. The molecule has 10 nitrogen and oxygen atoms in total. The van der Waals surface area contributed by atoms with Crippen LogP contribution in [0.5, 0.6) is 0 Å². The minimum absolute atomic E-state index is 0.0678. The van der Waals surface area contributed by atoms with E-state index in [-0.39, 0.29) is 98.7 Å². The number of likely N-dealkylation sites (tertiary alicyclic amines) is 2. The molecule has 2 heterocycles. The largest absolute Gasteiger partial charge is 0.394 e. The Kier molecular flexibility index (Phi) is 7.78. The Balaban J connectivity index is 1.47. The molecule has 4 unspecified atom stereocenters. The van der Waals surface area contributed by atoms with Crippen molar-refractivity contribution in [3.05, 3.63) is 0 Å². The first-order valence-corrected chi connectivity index (χ1v) is 12.1. The van der Waals surface area contributed by atoms with E-state index in [4.69, 9.17) is 19.7 Å². The summed E-state index contributed by atoms with van der Waals surface area (Å²) < 4.78 is 10.5. The number of aliphatic hydroxyl groups is 2. The second-order valence-corrected chi connectivity index (χ2v) is 9.42. The van der Waals surface area contributed by atoms with Gasteiger partial charge in [-0.2, -0.15) is 0 Å². The van der Waals surface area contributed by atoms with Gasteiger partial charge in [-0.05, 0) is 43.9 Å². The van der Waals surface area contributed by atoms with E-state index in [0.29, 0.717) is 45.3 Å². The molecule has 0 aromatic carbocycles. The van der Waals surface area contributed by atoms with Crippen molar-refractivity contribution < 1.29 is 38.9 Å². The van der Waals surface area contributed by atoms with Crippen LogP contribution in [0.25, 0.3) is 0 Å². The van der Waals surface area contributed by atoms with Crippen LogP contribution in [-0.4, -0.2) is 96.4 Å². The normalized spacial score (nSPS) is 33.5. The molecule has 0 aromatic rings. The molecule has 0 aromatic heterocycles. The molecule has 0 bridgehead atoms. The maximum atomic E-state index is 13.3. The fourth-order valence-corrected chi connectivity index (χ4v) is 6.55. The number of aliphatic hydroxyl groups excluding tert-OH is 2. The highest BCUT2D eigenvalue weighted by molar-refractivity contribution is 6.03. The predicted molar refractivity (Wildman–Crippen MR) is 113 cm³/mol. The fourth-order valence-electron chi connectivity index (χ4n) is 6.55. The van der Waals surface area contributed by atoms with Gasteiger partial charge in [0.05, 0.1) is 39.6 Å². The van der Waals surface area contributed by atoms with E-state index in [1.165, 1.54) is 9.80 Å².